The maximum absolute atomic E-state index is 9.55. The molecule has 0 amide bonds. The second kappa shape index (κ2) is 5.90. The summed E-state index contributed by atoms with van der Waals surface area (Å²) < 4.78 is 1.68. The van der Waals surface area contributed by atoms with Crippen LogP contribution in [-0.2, 0) is 6.61 Å². The lowest BCUT2D eigenvalue weighted by Crippen LogP contribution is -1.95. The molecule has 1 N–H and O–H groups in total. The highest BCUT2D eigenvalue weighted by molar-refractivity contribution is 6.32. The predicted octanol–water partition coefficient (Wildman–Crippen LogP) is 4.34. The largest absolute Gasteiger partial charge is 0.392 e. The van der Waals surface area contributed by atoms with Gasteiger partial charge in [-0.25, -0.2) is 4.68 Å². The number of aromatic nitrogens is 2. The zero-order valence-corrected chi connectivity index (χ0v) is 12.5. The molecule has 0 unspecified atom stereocenters. The molecule has 0 aliphatic rings. The van der Waals surface area contributed by atoms with Gasteiger partial charge in [-0.2, -0.15) is 5.10 Å². The minimum Gasteiger partial charge on any atom is -0.392 e. The zero-order valence-electron chi connectivity index (χ0n) is 11.0. The van der Waals surface area contributed by atoms with Crippen LogP contribution in [0.1, 0.15) is 5.56 Å². The third-order valence-electron chi connectivity index (χ3n) is 3.18. The van der Waals surface area contributed by atoms with E-state index in [0.717, 1.165) is 16.8 Å². The van der Waals surface area contributed by atoms with E-state index in [4.69, 9.17) is 23.2 Å². The Morgan fingerprint density at radius 1 is 1.00 bits per heavy atom. The molecule has 3 aromatic rings. The van der Waals surface area contributed by atoms with Crippen LogP contribution in [0.3, 0.4) is 0 Å². The molecular formula is C16H12Cl2N2O. The number of hydrogen-bond donors (Lipinski definition) is 1. The van der Waals surface area contributed by atoms with Crippen molar-refractivity contribution in [2.75, 3.05) is 0 Å². The van der Waals surface area contributed by atoms with E-state index in [0.29, 0.717) is 15.7 Å². The molecule has 3 nitrogen and oxygen atoms in total. The summed E-state index contributed by atoms with van der Waals surface area (Å²) in [5, 5.41) is 15.4. The first-order chi connectivity index (χ1) is 10.2. The van der Waals surface area contributed by atoms with Gasteiger partial charge in [0.25, 0.3) is 0 Å². The highest BCUT2D eigenvalue weighted by atomic mass is 35.5. The fourth-order valence-corrected chi connectivity index (χ4v) is 2.49. The van der Waals surface area contributed by atoms with Gasteiger partial charge in [0.1, 0.15) is 0 Å². The summed E-state index contributed by atoms with van der Waals surface area (Å²) in [7, 11) is 0. The third kappa shape index (κ3) is 2.81. The standard InChI is InChI=1S/C16H12Cl2N2O/c17-13-7-5-11(6-8-13)16-12(10-21)9-20(19-16)15-4-2-1-3-14(15)18/h1-9,21H,10H2. The average molecular weight is 319 g/mol. The molecule has 0 saturated heterocycles. The molecule has 3 rings (SSSR count). The Morgan fingerprint density at radius 2 is 1.71 bits per heavy atom. The van der Waals surface area contributed by atoms with Gasteiger partial charge >= 0.3 is 0 Å². The normalized spacial score (nSPS) is 10.8. The number of rotatable bonds is 3. The van der Waals surface area contributed by atoms with Gasteiger partial charge < -0.3 is 5.11 Å². The van der Waals surface area contributed by atoms with E-state index in [1.807, 2.05) is 30.3 Å². The summed E-state index contributed by atoms with van der Waals surface area (Å²) in [6, 6.07) is 14.8. The van der Waals surface area contributed by atoms with Gasteiger partial charge in [0.15, 0.2) is 0 Å². The second-order valence-corrected chi connectivity index (χ2v) is 5.41. The Balaban J connectivity index is 2.11. The van der Waals surface area contributed by atoms with Crippen LogP contribution in [0.25, 0.3) is 16.9 Å². The van der Waals surface area contributed by atoms with Gasteiger partial charge in [-0.15, -0.1) is 0 Å². The van der Waals surface area contributed by atoms with Crippen LogP contribution in [-0.4, -0.2) is 14.9 Å². The van der Waals surface area contributed by atoms with E-state index < -0.39 is 0 Å². The van der Waals surface area contributed by atoms with Crippen LogP contribution >= 0.6 is 23.2 Å². The molecule has 0 radical (unpaired) electrons. The van der Waals surface area contributed by atoms with Gasteiger partial charge in [0, 0.05) is 22.3 Å². The first-order valence-electron chi connectivity index (χ1n) is 6.39. The Hall–Kier alpha value is -1.81. The van der Waals surface area contributed by atoms with Gasteiger partial charge in [-0.1, -0.05) is 47.5 Å². The van der Waals surface area contributed by atoms with E-state index in [1.54, 1.807) is 29.1 Å². The number of aliphatic hydroxyl groups excluding tert-OH is 1. The molecule has 0 fully saturated rings. The zero-order chi connectivity index (χ0) is 14.8. The maximum atomic E-state index is 9.55. The number of aliphatic hydroxyl groups is 1. The molecule has 21 heavy (non-hydrogen) atoms. The Labute approximate surface area is 132 Å². The molecule has 0 bridgehead atoms. The van der Waals surface area contributed by atoms with Gasteiger partial charge in [0.05, 0.1) is 23.0 Å². The van der Waals surface area contributed by atoms with Crippen molar-refractivity contribution in [1.29, 1.82) is 0 Å². The van der Waals surface area contributed by atoms with Gasteiger partial charge in [-0.05, 0) is 24.3 Å². The molecule has 106 valence electrons. The summed E-state index contributed by atoms with van der Waals surface area (Å²) >= 11 is 12.1. The van der Waals surface area contributed by atoms with Crippen molar-refractivity contribution in [3.05, 3.63) is 70.3 Å². The minimum atomic E-state index is -0.0948. The molecule has 0 aliphatic carbocycles. The fraction of sp³-hybridized carbons (Fsp3) is 0.0625. The van der Waals surface area contributed by atoms with Crippen LogP contribution in [0.4, 0.5) is 0 Å². The van der Waals surface area contributed by atoms with Crippen molar-refractivity contribution in [1.82, 2.24) is 9.78 Å². The molecule has 0 aliphatic heterocycles. The van der Waals surface area contributed by atoms with Crippen molar-refractivity contribution in [3.63, 3.8) is 0 Å². The number of halogens is 2. The van der Waals surface area contributed by atoms with Crippen molar-refractivity contribution < 1.29 is 5.11 Å². The summed E-state index contributed by atoms with van der Waals surface area (Å²) in [4.78, 5) is 0. The lowest BCUT2D eigenvalue weighted by Gasteiger charge is -2.03. The average Bonchev–Trinajstić information content (AvgIpc) is 2.92. The SMILES string of the molecule is OCc1cn(-c2ccccc2Cl)nc1-c1ccc(Cl)cc1. The topological polar surface area (TPSA) is 38.0 Å². The number of hydrogen-bond acceptors (Lipinski definition) is 2. The molecule has 1 aromatic heterocycles. The third-order valence-corrected chi connectivity index (χ3v) is 3.75. The Kier molecular flexibility index (Phi) is 3.97. The summed E-state index contributed by atoms with van der Waals surface area (Å²) in [5.41, 5.74) is 3.12. The van der Waals surface area contributed by atoms with Gasteiger partial charge in [0.2, 0.25) is 0 Å². The van der Waals surface area contributed by atoms with E-state index in [1.165, 1.54) is 0 Å². The highest BCUT2D eigenvalue weighted by Crippen LogP contribution is 2.27. The van der Waals surface area contributed by atoms with Crippen LogP contribution in [0.2, 0.25) is 10.0 Å². The number of benzene rings is 2. The first-order valence-corrected chi connectivity index (χ1v) is 7.15. The highest BCUT2D eigenvalue weighted by Gasteiger charge is 2.12. The van der Waals surface area contributed by atoms with Crippen LogP contribution in [0, 0.1) is 0 Å². The summed E-state index contributed by atoms with van der Waals surface area (Å²) in [6.45, 7) is -0.0948. The Morgan fingerprint density at radius 3 is 2.38 bits per heavy atom. The monoisotopic (exact) mass is 318 g/mol. The molecule has 2 aromatic carbocycles. The quantitative estimate of drug-likeness (QED) is 0.780. The fourth-order valence-electron chi connectivity index (χ4n) is 2.14. The van der Waals surface area contributed by atoms with E-state index >= 15 is 0 Å². The minimum absolute atomic E-state index is 0.0948. The van der Waals surface area contributed by atoms with E-state index in [9.17, 15) is 5.11 Å². The van der Waals surface area contributed by atoms with Crippen LogP contribution in [0.15, 0.2) is 54.7 Å². The lowest BCUT2D eigenvalue weighted by atomic mass is 10.1. The van der Waals surface area contributed by atoms with Gasteiger partial charge in [-0.3, -0.25) is 0 Å². The molecule has 0 spiro atoms. The predicted molar refractivity (Wildman–Crippen MR) is 84.9 cm³/mol. The second-order valence-electron chi connectivity index (χ2n) is 4.56. The van der Waals surface area contributed by atoms with Crippen molar-refractivity contribution >= 4 is 23.2 Å². The lowest BCUT2D eigenvalue weighted by molar-refractivity contribution is 0.282. The number of nitrogens with zero attached hydrogens (tertiary/aromatic N) is 2. The smallest absolute Gasteiger partial charge is 0.0982 e. The molecule has 1 heterocycles. The maximum Gasteiger partial charge on any atom is 0.0982 e. The molecule has 5 heteroatoms. The van der Waals surface area contributed by atoms with E-state index in [2.05, 4.69) is 5.10 Å². The van der Waals surface area contributed by atoms with Crippen molar-refractivity contribution in [2.45, 2.75) is 6.61 Å². The van der Waals surface area contributed by atoms with Crippen molar-refractivity contribution in [3.8, 4) is 16.9 Å². The van der Waals surface area contributed by atoms with E-state index in [-0.39, 0.29) is 6.61 Å². The molecular weight excluding hydrogens is 307 g/mol. The molecule has 0 saturated carbocycles. The first kappa shape index (κ1) is 14.1. The van der Waals surface area contributed by atoms with Crippen LogP contribution < -0.4 is 0 Å². The molecule has 0 atom stereocenters. The summed E-state index contributed by atoms with van der Waals surface area (Å²) in [5.74, 6) is 0. The Bertz CT molecular complexity index is 766. The summed E-state index contributed by atoms with van der Waals surface area (Å²) in [6.07, 6.45) is 1.78. The number of para-hydroxylation sites is 1. The van der Waals surface area contributed by atoms with Crippen molar-refractivity contribution in [2.24, 2.45) is 0 Å². The van der Waals surface area contributed by atoms with Crippen LogP contribution in [0.5, 0.6) is 0 Å².